The van der Waals surface area contributed by atoms with E-state index in [-0.39, 0.29) is 5.91 Å². The van der Waals surface area contributed by atoms with Gasteiger partial charge in [0.25, 0.3) is 5.91 Å². The molecule has 1 N–H and O–H groups in total. The van der Waals surface area contributed by atoms with E-state index in [1.165, 1.54) is 29.7 Å². The molecular weight excluding hydrogens is 400 g/mol. The Balaban J connectivity index is 1.55. The molecule has 0 bridgehead atoms. The summed E-state index contributed by atoms with van der Waals surface area (Å²) in [6, 6.07) is 23.1. The highest BCUT2D eigenvalue weighted by atomic mass is 32.2. The van der Waals surface area contributed by atoms with Gasteiger partial charge in [0.2, 0.25) is 0 Å². The lowest BCUT2D eigenvalue weighted by atomic mass is 9.95. The van der Waals surface area contributed by atoms with Gasteiger partial charge in [0, 0.05) is 32.5 Å². The first-order valence-electron chi connectivity index (χ1n) is 11.1. The fourth-order valence-corrected chi connectivity index (χ4v) is 5.41. The first-order chi connectivity index (χ1) is 15.2. The number of benzene rings is 3. The molecule has 1 fully saturated rings. The molecule has 0 aromatic heterocycles. The van der Waals surface area contributed by atoms with Crippen LogP contribution in [0.2, 0.25) is 0 Å². The summed E-state index contributed by atoms with van der Waals surface area (Å²) >= 11 is 1.72. The molecule has 1 aliphatic heterocycles. The molecular formula is C27H26N2OS. The number of rotatable bonds is 3. The number of aryl methyl sites for hydroxylation is 1. The molecule has 5 rings (SSSR count). The van der Waals surface area contributed by atoms with Crippen LogP contribution in [0.15, 0.2) is 81.5 Å². The molecule has 2 aliphatic rings. The second-order valence-corrected chi connectivity index (χ2v) is 9.50. The summed E-state index contributed by atoms with van der Waals surface area (Å²) in [6.45, 7) is 2.10. The van der Waals surface area contributed by atoms with Gasteiger partial charge < -0.3 is 5.32 Å². The summed E-state index contributed by atoms with van der Waals surface area (Å²) in [6.07, 6.45) is 5.84. The maximum Gasteiger partial charge on any atom is 0.251 e. The van der Waals surface area contributed by atoms with Crippen molar-refractivity contribution in [3.8, 4) is 0 Å². The lowest BCUT2D eigenvalue weighted by molar-refractivity contribution is 0.0927. The number of fused-ring (bicyclic) bond motifs is 2. The summed E-state index contributed by atoms with van der Waals surface area (Å²) < 4.78 is 0. The van der Waals surface area contributed by atoms with Crippen LogP contribution in [0.4, 0.5) is 5.69 Å². The second kappa shape index (κ2) is 8.72. The van der Waals surface area contributed by atoms with Crippen LogP contribution in [-0.2, 0) is 0 Å². The topological polar surface area (TPSA) is 41.5 Å². The lowest BCUT2D eigenvalue weighted by Gasteiger charge is -2.22. The molecule has 31 heavy (non-hydrogen) atoms. The Morgan fingerprint density at radius 3 is 2.61 bits per heavy atom. The summed E-state index contributed by atoms with van der Waals surface area (Å²) in [4.78, 5) is 20.3. The van der Waals surface area contributed by atoms with Crippen LogP contribution in [-0.4, -0.2) is 17.7 Å². The molecule has 0 atom stereocenters. The highest BCUT2D eigenvalue weighted by Crippen LogP contribution is 2.41. The molecule has 4 heteroatoms. The van der Waals surface area contributed by atoms with Gasteiger partial charge in [-0.25, -0.2) is 4.99 Å². The van der Waals surface area contributed by atoms with Crippen molar-refractivity contribution in [3.05, 3.63) is 89.0 Å². The second-order valence-electron chi connectivity index (χ2n) is 8.42. The zero-order valence-electron chi connectivity index (χ0n) is 17.7. The fourth-order valence-electron chi connectivity index (χ4n) is 4.41. The SMILES string of the molecule is Cc1cccc(C2=Nc3cc(C(=O)NC4CCCCC4)ccc3Sc3ccccc32)c1. The van der Waals surface area contributed by atoms with E-state index in [2.05, 4.69) is 60.8 Å². The van der Waals surface area contributed by atoms with E-state index in [9.17, 15) is 4.79 Å². The maximum atomic E-state index is 12.9. The van der Waals surface area contributed by atoms with E-state index < -0.39 is 0 Å². The molecule has 1 heterocycles. The van der Waals surface area contributed by atoms with Crippen molar-refractivity contribution in [1.29, 1.82) is 0 Å². The van der Waals surface area contributed by atoms with Crippen LogP contribution in [0.3, 0.4) is 0 Å². The Morgan fingerprint density at radius 1 is 0.935 bits per heavy atom. The first-order valence-corrected chi connectivity index (χ1v) is 11.9. The third-order valence-electron chi connectivity index (χ3n) is 6.05. The minimum absolute atomic E-state index is 0.00812. The summed E-state index contributed by atoms with van der Waals surface area (Å²) in [5.74, 6) is 0.00812. The van der Waals surface area contributed by atoms with E-state index in [1.54, 1.807) is 11.8 Å². The Labute approximate surface area is 188 Å². The van der Waals surface area contributed by atoms with Gasteiger partial charge in [-0.05, 0) is 50.1 Å². The highest BCUT2D eigenvalue weighted by molar-refractivity contribution is 7.99. The number of nitrogens with zero attached hydrogens (tertiary/aromatic N) is 1. The number of hydrogen-bond acceptors (Lipinski definition) is 3. The predicted molar refractivity (Wildman–Crippen MR) is 128 cm³/mol. The highest BCUT2D eigenvalue weighted by Gasteiger charge is 2.21. The number of amides is 1. The van der Waals surface area contributed by atoms with Gasteiger partial charge in [-0.15, -0.1) is 0 Å². The van der Waals surface area contributed by atoms with Crippen LogP contribution in [0, 0.1) is 6.92 Å². The predicted octanol–water partition coefficient (Wildman–Crippen LogP) is 6.69. The van der Waals surface area contributed by atoms with Crippen LogP contribution in [0.5, 0.6) is 0 Å². The number of hydrogen-bond donors (Lipinski definition) is 1. The van der Waals surface area contributed by atoms with Gasteiger partial charge in [0.05, 0.1) is 11.4 Å². The van der Waals surface area contributed by atoms with Gasteiger partial charge in [-0.3, -0.25) is 4.79 Å². The smallest absolute Gasteiger partial charge is 0.251 e. The van der Waals surface area contributed by atoms with Gasteiger partial charge in [0.1, 0.15) is 0 Å². The van der Waals surface area contributed by atoms with Gasteiger partial charge >= 0.3 is 0 Å². The molecule has 0 saturated heterocycles. The maximum absolute atomic E-state index is 12.9. The van der Waals surface area contributed by atoms with Gasteiger partial charge in [-0.2, -0.15) is 0 Å². The zero-order valence-corrected chi connectivity index (χ0v) is 18.5. The molecule has 3 nitrogen and oxygen atoms in total. The quantitative estimate of drug-likeness (QED) is 0.396. The molecule has 156 valence electrons. The molecule has 0 spiro atoms. The third-order valence-corrected chi connectivity index (χ3v) is 7.19. The van der Waals surface area contributed by atoms with Crippen LogP contribution in [0.25, 0.3) is 0 Å². The van der Waals surface area contributed by atoms with E-state index in [1.807, 2.05) is 18.2 Å². The number of nitrogens with one attached hydrogen (secondary N) is 1. The van der Waals surface area contributed by atoms with E-state index in [4.69, 9.17) is 4.99 Å². The first kappa shape index (κ1) is 20.1. The summed E-state index contributed by atoms with van der Waals surface area (Å²) in [5, 5.41) is 3.23. The van der Waals surface area contributed by atoms with Crippen molar-refractivity contribution in [3.63, 3.8) is 0 Å². The van der Waals surface area contributed by atoms with Crippen molar-refractivity contribution in [2.24, 2.45) is 4.99 Å². The number of carbonyl (C=O) groups excluding carboxylic acids is 1. The van der Waals surface area contributed by atoms with Crippen molar-refractivity contribution in [1.82, 2.24) is 5.32 Å². The molecule has 3 aromatic carbocycles. The number of carbonyl (C=O) groups is 1. The molecule has 3 aromatic rings. The molecule has 1 saturated carbocycles. The fraction of sp³-hybridized carbons (Fsp3) is 0.259. The standard InChI is InChI=1S/C27H26N2OS/c1-18-8-7-9-19(16-18)26-22-12-5-6-13-24(22)31-25-15-14-20(17-23(25)29-26)27(30)28-21-10-3-2-4-11-21/h5-9,12-17,21H,2-4,10-11H2,1H3,(H,28,30). The van der Waals surface area contributed by atoms with Crippen molar-refractivity contribution in [2.75, 3.05) is 0 Å². The minimum Gasteiger partial charge on any atom is -0.349 e. The average Bonchev–Trinajstić information content (AvgIpc) is 2.96. The van der Waals surface area contributed by atoms with Gasteiger partial charge in [-0.1, -0.05) is 73.0 Å². The third kappa shape index (κ3) is 4.31. The minimum atomic E-state index is 0.00812. The zero-order chi connectivity index (χ0) is 21.2. The van der Waals surface area contributed by atoms with Crippen LogP contribution in [0.1, 0.15) is 59.2 Å². The van der Waals surface area contributed by atoms with Crippen molar-refractivity contribution < 1.29 is 4.79 Å². The van der Waals surface area contributed by atoms with Crippen LogP contribution < -0.4 is 5.32 Å². The lowest BCUT2D eigenvalue weighted by Crippen LogP contribution is -2.36. The Bertz CT molecular complexity index is 1160. The number of aliphatic imine (C=N–C) groups is 1. The van der Waals surface area contributed by atoms with E-state index in [0.29, 0.717) is 11.6 Å². The summed E-state index contributed by atoms with van der Waals surface area (Å²) in [7, 11) is 0. The Hall–Kier alpha value is -2.85. The normalized spacial score (nSPS) is 16.0. The molecule has 1 amide bonds. The average molecular weight is 427 g/mol. The van der Waals surface area contributed by atoms with Crippen molar-refractivity contribution >= 4 is 29.1 Å². The Morgan fingerprint density at radius 2 is 1.77 bits per heavy atom. The van der Waals surface area contributed by atoms with E-state index >= 15 is 0 Å². The van der Waals surface area contributed by atoms with E-state index in [0.717, 1.165) is 40.3 Å². The molecule has 0 radical (unpaired) electrons. The summed E-state index contributed by atoms with van der Waals surface area (Å²) in [5.41, 5.74) is 5.92. The molecule has 0 unspecified atom stereocenters. The molecule has 1 aliphatic carbocycles. The van der Waals surface area contributed by atoms with Gasteiger partial charge in [0.15, 0.2) is 0 Å². The monoisotopic (exact) mass is 426 g/mol. The largest absolute Gasteiger partial charge is 0.349 e. The van der Waals surface area contributed by atoms with Crippen molar-refractivity contribution in [2.45, 2.75) is 54.9 Å². The Kier molecular flexibility index (Phi) is 5.65. The van der Waals surface area contributed by atoms with Crippen LogP contribution >= 0.6 is 11.8 Å².